The van der Waals surface area contributed by atoms with Gasteiger partial charge in [-0.3, -0.25) is 4.79 Å². The van der Waals surface area contributed by atoms with Gasteiger partial charge in [0.2, 0.25) is 5.91 Å². The average molecular weight is 368 g/mol. The Hall–Kier alpha value is -2.25. The van der Waals surface area contributed by atoms with E-state index in [1.807, 2.05) is 29.2 Å². The first kappa shape index (κ1) is 18.1. The van der Waals surface area contributed by atoms with Gasteiger partial charge in [0.05, 0.1) is 30.7 Å². The van der Waals surface area contributed by atoms with Crippen molar-refractivity contribution in [1.82, 2.24) is 0 Å². The molecule has 0 unspecified atom stereocenters. The lowest BCUT2D eigenvalue weighted by Crippen LogP contribution is -2.39. The highest BCUT2D eigenvalue weighted by atomic mass is 35.5. The van der Waals surface area contributed by atoms with Crippen LogP contribution < -0.4 is 15.5 Å². The van der Waals surface area contributed by atoms with E-state index in [1.165, 1.54) is 18.4 Å². The van der Waals surface area contributed by atoms with Gasteiger partial charge in [0.25, 0.3) is 0 Å². The smallest absolute Gasteiger partial charge is 0.350 e. The van der Waals surface area contributed by atoms with Crippen LogP contribution in [-0.4, -0.2) is 38.6 Å². The number of esters is 1. The molecular formula is C16H18ClN3O3S. The third-order valence-corrected chi connectivity index (χ3v) is 4.48. The van der Waals surface area contributed by atoms with Gasteiger partial charge in [-0.15, -0.1) is 23.7 Å². The molecule has 0 bridgehead atoms. The van der Waals surface area contributed by atoms with E-state index < -0.39 is 5.97 Å². The summed E-state index contributed by atoms with van der Waals surface area (Å²) in [6.07, 6.45) is 0. The normalized spacial score (nSPS) is 12.5. The summed E-state index contributed by atoms with van der Waals surface area (Å²) >= 11 is 1.25. The molecule has 2 N–H and O–H groups in total. The molecule has 1 aliphatic rings. The molecule has 8 heteroatoms. The van der Waals surface area contributed by atoms with Crippen molar-refractivity contribution < 1.29 is 14.3 Å². The predicted octanol–water partition coefficient (Wildman–Crippen LogP) is 2.83. The Morgan fingerprint density at radius 3 is 2.92 bits per heavy atom. The number of hydrogen-bond donors (Lipinski definition) is 2. The van der Waals surface area contributed by atoms with Gasteiger partial charge in [0, 0.05) is 13.1 Å². The Balaban J connectivity index is 0.00000208. The first-order valence-electron chi connectivity index (χ1n) is 7.22. The van der Waals surface area contributed by atoms with E-state index in [2.05, 4.69) is 10.6 Å². The van der Waals surface area contributed by atoms with E-state index in [1.54, 1.807) is 11.4 Å². The number of rotatable bonds is 4. The van der Waals surface area contributed by atoms with Crippen LogP contribution in [0.1, 0.15) is 9.67 Å². The second kappa shape index (κ2) is 8.03. The van der Waals surface area contributed by atoms with Crippen LogP contribution in [0.5, 0.6) is 0 Å². The number of thiophene rings is 1. The van der Waals surface area contributed by atoms with Crippen molar-refractivity contribution in [2.45, 2.75) is 0 Å². The molecule has 3 rings (SSSR count). The maximum atomic E-state index is 12.3. The number of hydrogen-bond acceptors (Lipinski definition) is 6. The van der Waals surface area contributed by atoms with Gasteiger partial charge in [-0.25, -0.2) is 4.79 Å². The summed E-state index contributed by atoms with van der Waals surface area (Å²) in [6.45, 7) is 1.77. The number of nitrogens with zero attached hydrogens (tertiary/aromatic N) is 1. The van der Waals surface area contributed by atoms with Crippen molar-refractivity contribution in [3.63, 3.8) is 0 Å². The second-order valence-corrected chi connectivity index (χ2v) is 5.98. The molecule has 2 aromatic rings. The van der Waals surface area contributed by atoms with Crippen molar-refractivity contribution in [2.75, 3.05) is 42.3 Å². The van der Waals surface area contributed by atoms with E-state index in [0.717, 1.165) is 24.5 Å². The zero-order valence-electron chi connectivity index (χ0n) is 13.1. The first-order valence-corrected chi connectivity index (χ1v) is 8.10. The van der Waals surface area contributed by atoms with Crippen LogP contribution in [0.25, 0.3) is 0 Å². The molecule has 0 saturated carbocycles. The van der Waals surface area contributed by atoms with Gasteiger partial charge in [-0.05, 0) is 23.6 Å². The molecule has 1 aromatic heterocycles. The number of nitrogens with one attached hydrogen (secondary N) is 2. The van der Waals surface area contributed by atoms with Crippen LogP contribution in [0.15, 0.2) is 35.7 Å². The summed E-state index contributed by atoms with van der Waals surface area (Å²) in [5.41, 5.74) is 2.53. The number of fused-ring (bicyclic) bond motifs is 1. The van der Waals surface area contributed by atoms with E-state index in [9.17, 15) is 9.59 Å². The molecule has 0 atom stereocenters. The minimum absolute atomic E-state index is 0. The molecule has 0 spiro atoms. The molecular weight excluding hydrogens is 350 g/mol. The van der Waals surface area contributed by atoms with E-state index >= 15 is 0 Å². The van der Waals surface area contributed by atoms with E-state index in [0.29, 0.717) is 10.6 Å². The Labute approximate surface area is 150 Å². The molecule has 0 radical (unpaired) electrons. The number of ether oxygens (including phenoxy) is 1. The minimum Gasteiger partial charge on any atom is -0.465 e. The zero-order valence-corrected chi connectivity index (χ0v) is 14.7. The van der Waals surface area contributed by atoms with Gasteiger partial charge in [-0.1, -0.05) is 12.1 Å². The van der Waals surface area contributed by atoms with E-state index in [-0.39, 0.29) is 24.9 Å². The topological polar surface area (TPSA) is 70.7 Å². The summed E-state index contributed by atoms with van der Waals surface area (Å²) in [7, 11) is 1.32. The van der Waals surface area contributed by atoms with Gasteiger partial charge in [0.1, 0.15) is 4.88 Å². The maximum absolute atomic E-state index is 12.3. The quantitative estimate of drug-likeness (QED) is 0.813. The molecule has 24 heavy (non-hydrogen) atoms. The van der Waals surface area contributed by atoms with E-state index in [4.69, 9.17) is 4.74 Å². The molecule has 0 aliphatic carbocycles. The average Bonchev–Trinajstić information content (AvgIpc) is 3.02. The number of carbonyl (C=O) groups is 2. The van der Waals surface area contributed by atoms with Gasteiger partial charge in [-0.2, -0.15) is 0 Å². The SMILES string of the molecule is COC(=O)c1sccc1NC(=O)CN1CCNc2ccccc21.Cl. The van der Waals surface area contributed by atoms with Crippen LogP contribution in [0, 0.1) is 0 Å². The lowest BCUT2D eigenvalue weighted by molar-refractivity contribution is -0.115. The maximum Gasteiger partial charge on any atom is 0.350 e. The largest absolute Gasteiger partial charge is 0.465 e. The molecule has 0 saturated heterocycles. The fraction of sp³-hybridized carbons (Fsp3) is 0.250. The Bertz CT molecular complexity index is 735. The van der Waals surface area contributed by atoms with Crippen LogP contribution in [0.2, 0.25) is 0 Å². The summed E-state index contributed by atoms with van der Waals surface area (Å²) in [4.78, 5) is 26.4. The molecule has 2 heterocycles. The number of para-hydroxylation sites is 2. The van der Waals surface area contributed by atoms with Crippen molar-refractivity contribution in [3.05, 3.63) is 40.6 Å². The molecule has 1 amide bonds. The molecule has 1 aliphatic heterocycles. The summed E-state index contributed by atoms with van der Waals surface area (Å²) in [5.74, 6) is -0.604. The number of benzene rings is 1. The van der Waals surface area contributed by atoms with Gasteiger partial charge in [0.15, 0.2) is 0 Å². The molecule has 0 fully saturated rings. The number of carbonyl (C=O) groups excluding carboxylic acids is 2. The minimum atomic E-state index is -0.442. The van der Waals surface area contributed by atoms with Crippen LogP contribution in [0.4, 0.5) is 17.1 Å². The van der Waals surface area contributed by atoms with Crippen molar-refractivity contribution in [2.24, 2.45) is 0 Å². The molecule has 128 valence electrons. The monoisotopic (exact) mass is 367 g/mol. The summed E-state index contributed by atoms with van der Waals surface area (Å²) in [5, 5.41) is 7.85. The van der Waals surface area contributed by atoms with Crippen LogP contribution >= 0.6 is 23.7 Å². The fourth-order valence-electron chi connectivity index (χ4n) is 2.53. The highest BCUT2D eigenvalue weighted by Crippen LogP contribution is 2.28. The molecule has 6 nitrogen and oxygen atoms in total. The van der Waals surface area contributed by atoms with Gasteiger partial charge < -0.3 is 20.3 Å². The summed E-state index contributed by atoms with van der Waals surface area (Å²) in [6, 6.07) is 9.60. The van der Waals surface area contributed by atoms with Crippen molar-refractivity contribution in [1.29, 1.82) is 0 Å². The highest BCUT2D eigenvalue weighted by Gasteiger charge is 2.20. The Morgan fingerprint density at radius 2 is 2.12 bits per heavy atom. The number of halogens is 1. The second-order valence-electron chi connectivity index (χ2n) is 5.07. The fourth-order valence-corrected chi connectivity index (χ4v) is 3.30. The van der Waals surface area contributed by atoms with Crippen molar-refractivity contribution >= 4 is 52.7 Å². The number of amides is 1. The first-order chi connectivity index (χ1) is 11.2. The Kier molecular flexibility index (Phi) is 6.05. The number of methoxy groups -OCH3 is 1. The van der Waals surface area contributed by atoms with Crippen LogP contribution in [-0.2, 0) is 9.53 Å². The van der Waals surface area contributed by atoms with Crippen molar-refractivity contribution in [3.8, 4) is 0 Å². The standard InChI is InChI=1S/C16H17N3O3S.ClH/c1-22-16(21)15-12(6-9-23-15)18-14(20)10-19-8-7-17-11-4-2-3-5-13(11)19;/h2-6,9,17H,7-8,10H2,1H3,(H,18,20);1H. The third kappa shape index (κ3) is 3.80. The highest BCUT2D eigenvalue weighted by molar-refractivity contribution is 7.12. The van der Waals surface area contributed by atoms with Gasteiger partial charge >= 0.3 is 5.97 Å². The Morgan fingerprint density at radius 1 is 1.33 bits per heavy atom. The lowest BCUT2D eigenvalue weighted by Gasteiger charge is -2.31. The lowest BCUT2D eigenvalue weighted by atomic mass is 10.2. The summed E-state index contributed by atoms with van der Waals surface area (Å²) < 4.78 is 4.71. The third-order valence-electron chi connectivity index (χ3n) is 3.59. The zero-order chi connectivity index (χ0) is 16.2. The predicted molar refractivity (Wildman–Crippen MR) is 98.7 cm³/mol. The molecule has 1 aromatic carbocycles. The number of anilines is 3. The van der Waals surface area contributed by atoms with Crippen LogP contribution in [0.3, 0.4) is 0 Å².